The lowest BCUT2D eigenvalue weighted by molar-refractivity contribution is -0.127. The molecule has 5 rings (SSSR count). The topological polar surface area (TPSA) is 92.1 Å². The maximum atomic E-state index is 14.4. The minimum Gasteiger partial charge on any atom is -0.378 e. The molecule has 3 heterocycles. The Bertz CT molecular complexity index is 1210. The van der Waals surface area contributed by atoms with Gasteiger partial charge in [0, 0.05) is 13.0 Å². The number of carbonyl (C=O) groups excluding carboxylic acids is 1. The van der Waals surface area contributed by atoms with Crippen LogP contribution in [0.1, 0.15) is 37.1 Å². The molecule has 2 aliphatic rings. The summed E-state index contributed by atoms with van der Waals surface area (Å²) in [5.41, 5.74) is 0.626. The Kier molecular flexibility index (Phi) is 6.67. The fraction of sp³-hybridized carbons (Fsp3) is 0.522. The first-order valence-electron chi connectivity index (χ1n) is 11.6. The molecule has 0 spiro atoms. The molecule has 188 valence electrons. The van der Waals surface area contributed by atoms with Gasteiger partial charge < -0.3 is 20.5 Å². The van der Waals surface area contributed by atoms with Crippen LogP contribution in [0, 0.1) is 5.92 Å². The van der Waals surface area contributed by atoms with Crippen LogP contribution < -0.4 is 16.0 Å². The largest absolute Gasteiger partial charge is 0.393 e. The standard InChI is InChI=1S/C23H25F4N5O2S/c24-15-10-28-7-6-16(15)30-17-3-1-2-13-14(9-23(25,26)27)21(35-20(13)17)22-31-19(34-32-22)11-29-18(33)8-12-4-5-12/h1-3,12,15-16,28,30H,4-11H2,(H,29,33)/t15-,16+/m0/s1. The van der Waals surface area contributed by atoms with Gasteiger partial charge >= 0.3 is 6.18 Å². The number of nitrogens with one attached hydrogen (secondary N) is 3. The molecular weight excluding hydrogens is 486 g/mol. The van der Waals surface area contributed by atoms with Crippen molar-refractivity contribution < 1.29 is 26.9 Å². The second kappa shape index (κ2) is 9.73. The molecule has 12 heteroatoms. The van der Waals surface area contributed by atoms with E-state index in [0.717, 1.165) is 24.2 Å². The lowest BCUT2D eigenvalue weighted by Crippen LogP contribution is -2.45. The number of carbonyl (C=O) groups is 1. The van der Waals surface area contributed by atoms with E-state index < -0.39 is 24.8 Å². The third-order valence-corrected chi connectivity index (χ3v) is 7.50. The van der Waals surface area contributed by atoms with Crippen molar-refractivity contribution in [2.24, 2.45) is 5.92 Å². The van der Waals surface area contributed by atoms with E-state index in [4.69, 9.17) is 4.52 Å². The minimum absolute atomic E-state index is 0.0124. The van der Waals surface area contributed by atoms with Gasteiger partial charge in [-0.2, -0.15) is 18.2 Å². The number of rotatable bonds is 8. The lowest BCUT2D eigenvalue weighted by Gasteiger charge is -2.28. The van der Waals surface area contributed by atoms with Gasteiger partial charge in [0.1, 0.15) is 6.17 Å². The summed E-state index contributed by atoms with van der Waals surface area (Å²) in [6.45, 7) is 0.899. The number of nitrogens with zero attached hydrogens (tertiary/aromatic N) is 2. The number of hydrogen-bond acceptors (Lipinski definition) is 7. The van der Waals surface area contributed by atoms with Gasteiger partial charge in [-0.15, -0.1) is 11.3 Å². The highest BCUT2D eigenvalue weighted by Crippen LogP contribution is 2.43. The number of amides is 1. The van der Waals surface area contributed by atoms with Gasteiger partial charge in [0.25, 0.3) is 0 Å². The fourth-order valence-electron chi connectivity index (χ4n) is 4.27. The molecule has 1 saturated carbocycles. The SMILES string of the molecule is O=C(CC1CC1)NCc1nc(-c2sc3c(N[C@@H]4CCNC[C@@H]4F)cccc3c2CC(F)(F)F)no1. The Morgan fingerprint density at radius 3 is 2.83 bits per heavy atom. The van der Waals surface area contributed by atoms with E-state index in [-0.39, 0.29) is 41.2 Å². The van der Waals surface area contributed by atoms with Crippen LogP contribution in [0.2, 0.25) is 0 Å². The molecule has 7 nitrogen and oxygen atoms in total. The third kappa shape index (κ3) is 5.75. The first kappa shape index (κ1) is 24.0. The van der Waals surface area contributed by atoms with Gasteiger partial charge in [0.2, 0.25) is 17.6 Å². The average Bonchev–Trinajstić information content (AvgIpc) is 3.36. The molecule has 1 saturated heterocycles. The van der Waals surface area contributed by atoms with Crippen molar-refractivity contribution in [1.29, 1.82) is 0 Å². The highest BCUT2D eigenvalue weighted by molar-refractivity contribution is 7.23. The molecule has 2 fully saturated rings. The normalized spacial score (nSPS) is 20.8. The zero-order valence-corrected chi connectivity index (χ0v) is 19.6. The van der Waals surface area contributed by atoms with Crippen molar-refractivity contribution in [2.45, 2.75) is 57.0 Å². The molecule has 1 aromatic carbocycles. The summed E-state index contributed by atoms with van der Waals surface area (Å²) in [6, 6.07) is 4.59. The summed E-state index contributed by atoms with van der Waals surface area (Å²) in [6.07, 6.45) is -3.62. The highest BCUT2D eigenvalue weighted by atomic mass is 32.1. The summed E-state index contributed by atoms with van der Waals surface area (Å²) >= 11 is 1.12. The monoisotopic (exact) mass is 511 g/mol. The first-order chi connectivity index (χ1) is 16.8. The first-order valence-corrected chi connectivity index (χ1v) is 12.4. The molecular formula is C23H25F4N5O2S. The van der Waals surface area contributed by atoms with E-state index in [1.54, 1.807) is 18.2 Å². The van der Waals surface area contributed by atoms with Gasteiger partial charge in [-0.25, -0.2) is 4.39 Å². The van der Waals surface area contributed by atoms with Crippen molar-refractivity contribution in [3.8, 4) is 10.7 Å². The predicted octanol–water partition coefficient (Wildman–Crippen LogP) is 4.58. The van der Waals surface area contributed by atoms with Crippen LogP contribution in [-0.4, -0.2) is 47.5 Å². The number of thiophene rings is 1. The molecule has 1 aliphatic heterocycles. The maximum absolute atomic E-state index is 14.4. The van der Waals surface area contributed by atoms with Crippen molar-refractivity contribution in [2.75, 3.05) is 18.4 Å². The Morgan fingerprint density at radius 2 is 2.09 bits per heavy atom. The zero-order valence-electron chi connectivity index (χ0n) is 18.8. The van der Waals surface area contributed by atoms with Gasteiger partial charge in [0.15, 0.2) is 0 Å². The van der Waals surface area contributed by atoms with Crippen LogP contribution in [0.3, 0.4) is 0 Å². The molecule has 3 N–H and O–H groups in total. The number of piperidine rings is 1. The second-order valence-corrected chi connectivity index (χ2v) is 10.1. The van der Waals surface area contributed by atoms with Crippen molar-refractivity contribution in [3.05, 3.63) is 29.7 Å². The number of hydrogen-bond donors (Lipinski definition) is 3. The van der Waals surface area contributed by atoms with Crippen LogP contribution in [0.15, 0.2) is 22.7 Å². The average molecular weight is 512 g/mol. The Labute approximate surface area is 202 Å². The highest BCUT2D eigenvalue weighted by Gasteiger charge is 2.33. The van der Waals surface area contributed by atoms with Gasteiger partial charge in [-0.3, -0.25) is 4.79 Å². The summed E-state index contributed by atoms with van der Waals surface area (Å²) in [4.78, 5) is 16.4. The van der Waals surface area contributed by atoms with Crippen molar-refractivity contribution in [3.63, 3.8) is 0 Å². The molecule has 0 unspecified atom stereocenters. The van der Waals surface area contributed by atoms with E-state index in [0.29, 0.717) is 41.1 Å². The number of anilines is 1. The molecule has 1 amide bonds. The van der Waals surface area contributed by atoms with Crippen LogP contribution in [0.25, 0.3) is 20.8 Å². The second-order valence-electron chi connectivity index (χ2n) is 9.08. The molecule has 2 atom stereocenters. The summed E-state index contributed by atoms with van der Waals surface area (Å²) in [7, 11) is 0. The Hall–Kier alpha value is -2.73. The number of alkyl halides is 4. The van der Waals surface area contributed by atoms with E-state index in [2.05, 4.69) is 26.1 Å². The Balaban J connectivity index is 1.44. The molecule has 1 aliphatic carbocycles. The van der Waals surface area contributed by atoms with E-state index in [9.17, 15) is 22.4 Å². The van der Waals surface area contributed by atoms with Crippen LogP contribution in [-0.2, 0) is 17.8 Å². The van der Waals surface area contributed by atoms with Crippen molar-refractivity contribution >= 4 is 33.0 Å². The summed E-state index contributed by atoms with van der Waals surface area (Å²) < 4.78 is 60.7. The third-order valence-electron chi connectivity index (χ3n) is 6.22. The van der Waals surface area contributed by atoms with Crippen molar-refractivity contribution in [1.82, 2.24) is 20.8 Å². The maximum Gasteiger partial charge on any atom is 0.393 e. The van der Waals surface area contributed by atoms with Crippen LogP contribution in [0.4, 0.5) is 23.2 Å². The number of fused-ring (bicyclic) bond motifs is 1. The summed E-state index contributed by atoms with van der Waals surface area (Å²) in [5, 5.41) is 13.2. The van der Waals surface area contributed by atoms with E-state index >= 15 is 0 Å². The molecule has 35 heavy (non-hydrogen) atoms. The van der Waals surface area contributed by atoms with E-state index in [1.807, 2.05) is 0 Å². The van der Waals surface area contributed by atoms with Crippen LogP contribution >= 0.6 is 11.3 Å². The molecule has 3 aromatic rings. The zero-order chi connectivity index (χ0) is 24.6. The smallest absolute Gasteiger partial charge is 0.378 e. The lowest BCUT2D eigenvalue weighted by atomic mass is 10.0. The number of benzene rings is 1. The fourth-order valence-corrected chi connectivity index (χ4v) is 5.49. The molecule has 0 radical (unpaired) electrons. The summed E-state index contributed by atoms with van der Waals surface area (Å²) in [5.74, 6) is 0.463. The number of aromatic nitrogens is 2. The number of halogens is 4. The quantitative estimate of drug-likeness (QED) is 0.384. The molecule has 2 aromatic heterocycles. The van der Waals surface area contributed by atoms with E-state index in [1.165, 1.54) is 0 Å². The van der Waals surface area contributed by atoms with Gasteiger partial charge in [-0.05, 0) is 48.7 Å². The van der Waals surface area contributed by atoms with Gasteiger partial charge in [-0.1, -0.05) is 17.3 Å². The minimum atomic E-state index is -4.45. The van der Waals surface area contributed by atoms with Gasteiger partial charge in [0.05, 0.1) is 34.3 Å². The Morgan fingerprint density at radius 1 is 1.26 bits per heavy atom. The molecule has 0 bridgehead atoms. The predicted molar refractivity (Wildman–Crippen MR) is 124 cm³/mol. The van der Waals surface area contributed by atoms with Crippen LogP contribution in [0.5, 0.6) is 0 Å².